The predicted octanol–water partition coefficient (Wildman–Crippen LogP) is 4.73. The minimum atomic E-state index is -0.748. The molecular formula is C20H26N2O2. The molecule has 0 saturated heterocycles. The number of nitrogens with zero attached hydrogens (tertiary/aromatic N) is 1. The van der Waals surface area contributed by atoms with Gasteiger partial charge in [0.1, 0.15) is 0 Å². The first-order valence-electron chi connectivity index (χ1n) is 8.68. The molecular weight excluding hydrogens is 300 g/mol. The molecule has 0 aliphatic heterocycles. The van der Waals surface area contributed by atoms with Crippen LogP contribution < -0.4 is 5.73 Å². The molecule has 0 radical (unpaired) electrons. The van der Waals surface area contributed by atoms with Gasteiger partial charge in [-0.3, -0.25) is 4.98 Å². The van der Waals surface area contributed by atoms with Crippen molar-refractivity contribution in [1.82, 2.24) is 4.98 Å². The number of aromatic nitrogens is 1. The van der Waals surface area contributed by atoms with E-state index in [0.717, 1.165) is 48.0 Å². The average molecular weight is 326 g/mol. The smallest absolute Gasteiger partial charge is 0.331 e. The quantitative estimate of drug-likeness (QED) is 0.615. The average Bonchev–Trinajstić information content (AvgIpc) is 3.11. The second kappa shape index (κ2) is 9.06. The van der Waals surface area contributed by atoms with E-state index in [0.29, 0.717) is 5.57 Å². The molecule has 4 heteroatoms. The van der Waals surface area contributed by atoms with Gasteiger partial charge in [-0.1, -0.05) is 44.0 Å². The van der Waals surface area contributed by atoms with Gasteiger partial charge in [0.15, 0.2) is 0 Å². The van der Waals surface area contributed by atoms with Gasteiger partial charge >= 0.3 is 5.97 Å². The van der Waals surface area contributed by atoms with E-state index in [-0.39, 0.29) is 0 Å². The minimum absolute atomic E-state index is 0.588. The topological polar surface area (TPSA) is 76.2 Å². The van der Waals surface area contributed by atoms with Crippen molar-refractivity contribution in [2.75, 3.05) is 5.73 Å². The molecule has 0 unspecified atom stereocenters. The summed E-state index contributed by atoms with van der Waals surface area (Å²) in [5.74, 6) is -0.748. The normalized spacial score (nSPS) is 13.3. The van der Waals surface area contributed by atoms with Crippen LogP contribution in [0.2, 0.25) is 0 Å². The molecule has 0 bridgehead atoms. The molecule has 1 aliphatic carbocycles. The summed E-state index contributed by atoms with van der Waals surface area (Å²) >= 11 is 0. The SMILES string of the molecule is CCCCCc1ccc2cccc(N)c2n1.O=C(O)C1=CCCC1. The molecule has 0 atom stereocenters. The van der Waals surface area contributed by atoms with Crippen molar-refractivity contribution in [3.63, 3.8) is 0 Å². The number of anilines is 1. The fourth-order valence-corrected chi connectivity index (χ4v) is 2.77. The molecule has 1 aromatic carbocycles. The van der Waals surface area contributed by atoms with Crippen molar-refractivity contribution >= 4 is 22.6 Å². The predicted molar refractivity (Wildman–Crippen MR) is 99.0 cm³/mol. The number of carbonyl (C=O) groups is 1. The van der Waals surface area contributed by atoms with E-state index in [1.807, 2.05) is 12.1 Å². The molecule has 0 amide bonds. The number of hydrogen-bond donors (Lipinski definition) is 2. The summed E-state index contributed by atoms with van der Waals surface area (Å²) in [6.45, 7) is 2.21. The number of rotatable bonds is 5. The summed E-state index contributed by atoms with van der Waals surface area (Å²) in [7, 11) is 0. The summed E-state index contributed by atoms with van der Waals surface area (Å²) < 4.78 is 0. The molecule has 128 valence electrons. The third-order valence-corrected chi connectivity index (χ3v) is 4.16. The Bertz CT molecular complexity index is 723. The van der Waals surface area contributed by atoms with E-state index in [2.05, 4.69) is 30.1 Å². The summed E-state index contributed by atoms with van der Waals surface area (Å²) in [5.41, 5.74) is 9.37. The van der Waals surface area contributed by atoms with E-state index in [9.17, 15) is 4.79 Å². The van der Waals surface area contributed by atoms with E-state index < -0.39 is 5.97 Å². The Morgan fingerprint density at radius 2 is 2.08 bits per heavy atom. The largest absolute Gasteiger partial charge is 0.478 e. The number of pyridine rings is 1. The molecule has 3 N–H and O–H groups in total. The van der Waals surface area contributed by atoms with Crippen molar-refractivity contribution in [3.8, 4) is 0 Å². The van der Waals surface area contributed by atoms with Crippen LogP contribution in [0.1, 0.15) is 51.1 Å². The number of fused-ring (bicyclic) bond motifs is 1. The Hall–Kier alpha value is -2.36. The van der Waals surface area contributed by atoms with Gasteiger partial charge in [-0.05, 0) is 44.2 Å². The summed E-state index contributed by atoms with van der Waals surface area (Å²) in [6, 6.07) is 10.1. The number of allylic oxidation sites excluding steroid dienone is 1. The number of nitrogen functional groups attached to an aromatic ring is 1. The minimum Gasteiger partial charge on any atom is -0.478 e. The second-order valence-electron chi connectivity index (χ2n) is 6.11. The Labute approximate surface area is 143 Å². The van der Waals surface area contributed by atoms with E-state index >= 15 is 0 Å². The van der Waals surface area contributed by atoms with Crippen LogP contribution in [0.3, 0.4) is 0 Å². The Morgan fingerprint density at radius 1 is 1.25 bits per heavy atom. The van der Waals surface area contributed by atoms with Gasteiger partial charge in [0.05, 0.1) is 11.2 Å². The lowest BCUT2D eigenvalue weighted by Gasteiger charge is -2.04. The van der Waals surface area contributed by atoms with Gasteiger partial charge in [-0.25, -0.2) is 4.79 Å². The van der Waals surface area contributed by atoms with Crippen LogP contribution in [0.15, 0.2) is 42.0 Å². The highest BCUT2D eigenvalue weighted by Crippen LogP contribution is 2.19. The van der Waals surface area contributed by atoms with Gasteiger partial charge in [-0.2, -0.15) is 0 Å². The molecule has 0 fully saturated rings. The molecule has 4 nitrogen and oxygen atoms in total. The van der Waals surface area contributed by atoms with Crippen LogP contribution in [0.5, 0.6) is 0 Å². The summed E-state index contributed by atoms with van der Waals surface area (Å²) in [5, 5.41) is 9.47. The van der Waals surface area contributed by atoms with Crippen LogP contribution in [0, 0.1) is 0 Å². The van der Waals surface area contributed by atoms with E-state index in [1.54, 1.807) is 6.08 Å². The van der Waals surface area contributed by atoms with Crippen LogP contribution in [0.25, 0.3) is 10.9 Å². The van der Waals surface area contributed by atoms with Gasteiger partial charge in [0, 0.05) is 16.7 Å². The number of carboxylic acid groups (broad SMARTS) is 1. The number of aliphatic carboxylic acids is 1. The first-order valence-corrected chi connectivity index (χ1v) is 8.68. The molecule has 0 saturated carbocycles. The standard InChI is InChI=1S/C14H18N2.C6H8O2/c1-2-3-4-7-12-10-9-11-6-5-8-13(15)14(11)16-12;7-6(8)5-3-1-2-4-5/h5-6,8-10H,2-4,7,15H2,1H3;3H,1-2,4H2,(H,7,8). The van der Waals surface area contributed by atoms with E-state index in [4.69, 9.17) is 10.8 Å². The zero-order chi connectivity index (χ0) is 17.4. The molecule has 2 aromatic rings. The number of benzene rings is 1. The third-order valence-electron chi connectivity index (χ3n) is 4.16. The van der Waals surface area contributed by atoms with Crippen molar-refractivity contribution in [1.29, 1.82) is 0 Å². The number of carboxylic acids is 1. The van der Waals surface area contributed by atoms with Crippen LogP contribution in [-0.4, -0.2) is 16.1 Å². The fourth-order valence-electron chi connectivity index (χ4n) is 2.77. The third kappa shape index (κ3) is 5.08. The maximum Gasteiger partial charge on any atom is 0.331 e. The van der Waals surface area contributed by atoms with Crippen molar-refractivity contribution in [3.05, 3.63) is 47.7 Å². The van der Waals surface area contributed by atoms with Crippen molar-refractivity contribution in [2.24, 2.45) is 0 Å². The first-order chi connectivity index (χ1) is 11.6. The second-order valence-corrected chi connectivity index (χ2v) is 6.11. The number of aryl methyl sites for hydroxylation is 1. The van der Waals surface area contributed by atoms with Crippen molar-refractivity contribution < 1.29 is 9.90 Å². The maximum absolute atomic E-state index is 10.1. The van der Waals surface area contributed by atoms with Crippen LogP contribution in [-0.2, 0) is 11.2 Å². The monoisotopic (exact) mass is 326 g/mol. The number of hydrogen-bond acceptors (Lipinski definition) is 3. The van der Waals surface area contributed by atoms with Crippen molar-refractivity contribution in [2.45, 2.75) is 51.9 Å². The molecule has 1 heterocycles. The molecule has 24 heavy (non-hydrogen) atoms. The van der Waals surface area contributed by atoms with Gasteiger partial charge < -0.3 is 10.8 Å². The lowest BCUT2D eigenvalue weighted by atomic mass is 10.1. The number of para-hydroxylation sites is 1. The lowest BCUT2D eigenvalue weighted by Crippen LogP contribution is -1.95. The van der Waals surface area contributed by atoms with E-state index in [1.165, 1.54) is 19.3 Å². The maximum atomic E-state index is 10.1. The van der Waals surface area contributed by atoms with Crippen LogP contribution in [0.4, 0.5) is 5.69 Å². The first kappa shape index (κ1) is 18.0. The molecule has 3 rings (SSSR count). The number of nitrogens with two attached hydrogens (primary N) is 1. The molecule has 1 aliphatic rings. The van der Waals surface area contributed by atoms with Crippen LogP contribution >= 0.6 is 0 Å². The Kier molecular flexibility index (Phi) is 6.79. The fraction of sp³-hybridized carbons (Fsp3) is 0.400. The van der Waals surface area contributed by atoms with Gasteiger partial charge in [0.2, 0.25) is 0 Å². The molecule has 0 spiro atoms. The Morgan fingerprint density at radius 3 is 2.71 bits per heavy atom. The lowest BCUT2D eigenvalue weighted by molar-refractivity contribution is -0.132. The van der Waals surface area contributed by atoms with Gasteiger partial charge in [0.25, 0.3) is 0 Å². The zero-order valence-corrected chi connectivity index (χ0v) is 14.3. The van der Waals surface area contributed by atoms with Gasteiger partial charge in [-0.15, -0.1) is 0 Å². The highest BCUT2D eigenvalue weighted by atomic mass is 16.4. The summed E-state index contributed by atoms with van der Waals surface area (Å²) in [4.78, 5) is 14.8. The molecule has 1 aromatic heterocycles. The highest BCUT2D eigenvalue weighted by molar-refractivity contribution is 5.89. The number of unbranched alkanes of at least 4 members (excludes halogenated alkanes) is 2. The highest BCUT2D eigenvalue weighted by Gasteiger charge is 2.10. The summed E-state index contributed by atoms with van der Waals surface area (Å²) in [6.07, 6.45) is 9.29. The Balaban J connectivity index is 0.000000219. The zero-order valence-electron chi connectivity index (χ0n) is 14.3.